The van der Waals surface area contributed by atoms with Crippen molar-refractivity contribution in [3.05, 3.63) is 89.5 Å². The first kappa shape index (κ1) is 31.7. The molecule has 0 heterocycles. The number of nitrogens with zero attached hydrogens (tertiary/aromatic N) is 2. The van der Waals surface area contributed by atoms with Crippen LogP contribution in [0.1, 0.15) is 43.9 Å². The van der Waals surface area contributed by atoms with Crippen LogP contribution in [0.5, 0.6) is 5.75 Å². The van der Waals surface area contributed by atoms with Gasteiger partial charge in [-0.1, -0.05) is 61.0 Å². The van der Waals surface area contributed by atoms with Crippen LogP contribution in [0.3, 0.4) is 0 Å². The summed E-state index contributed by atoms with van der Waals surface area (Å²) >= 11 is 0. The highest BCUT2D eigenvalue weighted by molar-refractivity contribution is 7.92. The molecule has 2 amide bonds. The fraction of sp³-hybridized carbons (Fsp3) is 0.375. The molecule has 3 rings (SSSR count). The highest BCUT2D eigenvalue weighted by atomic mass is 32.2. The van der Waals surface area contributed by atoms with E-state index < -0.39 is 28.5 Å². The van der Waals surface area contributed by atoms with Gasteiger partial charge in [0.25, 0.3) is 10.0 Å². The van der Waals surface area contributed by atoms with Crippen LogP contribution in [0.4, 0.5) is 5.69 Å². The predicted octanol–water partition coefficient (Wildman–Crippen LogP) is 4.88. The zero-order chi connectivity index (χ0) is 30.2. The Labute approximate surface area is 244 Å². The zero-order valence-corrected chi connectivity index (χ0v) is 25.6. The average molecular weight is 580 g/mol. The number of rotatable bonds is 13. The Kier molecular flexibility index (Phi) is 10.9. The molecule has 3 aromatic carbocycles. The first-order chi connectivity index (χ1) is 19.5. The van der Waals surface area contributed by atoms with E-state index in [9.17, 15) is 18.0 Å². The summed E-state index contributed by atoms with van der Waals surface area (Å²) in [5.41, 5.74) is 2.97. The van der Waals surface area contributed by atoms with Crippen molar-refractivity contribution in [1.29, 1.82) is 0 Å². The number of benzene rings is 3. The number of hydrogen-bond acceptors (Lipinski definition) is 5. The lowest BCUT2D eigenvalue weighted by molar-refractivity contribution is -0.139. The molecule has 8 nitrogen and oxygen atoms in total. The Hall–Kier alpha value is -3.85. The summed E-state index contributed by atoms with van der Waals surface area (Å²) in [6.07, 6.45) is 1.25. The average Bonchev–Trinajstić information content (AvgIpc) is 2.96. The Morgan fingerprint density at radius 2 is 1.56 bits per heavy atom. The summed E-state index contributed by atoms with van der Waals surface area (Å²) < 4.78 is 34.7. The monoisotopic (exact) mass is 579 g/mol. The molecule has 0 fully saturated rings. The van der Waals surface area contributed by atoms with Crippen molar-refractivity contribution in [2.75, 3.05) is 24.5 Å². The number of amides is 2. The van der Waals surface area contributed by atoms with Gasteiger partial charge >= 0.3 is 0 Å². The Morgan fingerprint density at radius 1 is 0.927 bits per heavy atom. The van der Waals surface area contributed by atoms with Crippen LogP contribution in [0.25, 0.3) is 0 Å². The van der Waals surface area contributed by atoms with Gasteiger partial charge in [-0.25, -0.2) is 8.42 Å². The minimum absolute atomic E-state index is 0.0536. The van der Waals surface area contributed by atoms with Crippen molar-refractivity contribution in [1.82, 2.24) is 10.2 Å². The first-order valence-corrected chi connectivity index (χ1v) is 15.3. The number of hydrogen-bond donors (Lipinski definition) is 1. The standard InChI is InChI=1S/C32H41N3O5S/c1-7-25(4)33-32(37)26(5)34(20-19-27-11-9-8-10-12-27)31(36)22-35(29-21-24(3)15-18-30(29)40-6)41(38,39)28-16-13-23(2)14-17-28/h8-18,21,25-26H,7,19-20,22H2,1-6H3,(H,33,37). The number of aryl methyl sites for hydroxylation is 2. The number of methoxy groups -OCH3 is 1. The minimum Gasteiger partial charge on any atom is -0.495 e. The zero-order valence-electron chi connectivity index (χ0n) is 24.8. The van der Waals surface area contributed by atoms with Gasteiger partial charge in [-0.3, -0.25) is 13.9 Å². The van der Waals surface area contributed by atoms with E-state index in [4.69, 9.17) is 4.74 Å². The maximum absolute atomic E-state index is 14.1. The van der Waals surface area contributed by atoms with Gasteiger partial charge in [0.05, 0.1) is 17.7 Å². The van der Waals surface area contributed by atoms with E-state index in [0.29, 0.717) is 12.2 Å². The predicted molar refractivity (Wildman–Crippen MR) is 163 cm³/mol. The molecule has 41 heavy (non-hydrogen) atoms. The van der Waals surface area contributed by atoms with E-state index in [2.05, 4.69) is 5.32 Å². The van der Waals surface area contributed by atoms with Crippen LogP contribution in [0.2, 0.25) is 0 Å². The van der Waals surface area contributed by atoms with Gasteiger partial charge in [-0.05, 0) is 75.9 Å². The normalized spacial score (nSPS) is 12.7. The number of sulfonamides is 1. The second kappa shape index (κ2) is 14.2. The maximum Gasteiger partial charge on any atom is 0.264 e. The van der Waals surface area contributed by atoms with Crippen LogP contribution in [0, 0.1) is 13.8 Å². The van der Waals surface area contributed by atoms with Gasteiger partial charge in [0, 0.05) is 12.6 Å². The van der Waals surface area contributed by atoms with Crippen molar-refractivity contribution in [3.8, 4) is 5.75 Å². The van der Waals surface area contributed by atoms with E-state index >= 15 is 0 Å². The lowest BCUT2D eigenvalue weighted by Gasteiger charge is -2.33. The third-order valence-electron chi connectivity index (χ3n) is 7.14. The molecule has 220 valence electrons. The third kappa shape index (κ3) is 8.10. The van der Waals surface area contributed by atoms with Gasteiger partial charge in [0.1, 0.15) is 18.3 Å². The molecule has 1 N–H and O–H groups in total. The molecular formula is C32H41N3O5S. The van der Waals surface area contributed by atoms with Gasteiger partial charge in [0.15, 0.2) is 0 Å². The highest BCUT2D eigenvalue weighted by Crippen LogP contribution is 2.33. The molecule has 0 saturated carbocycles. The second-order valence-corrected chi connectivity index (χ2v) is 12.2. The number of nitrogens with one attached hydrogen (secondary N) is 1. The lowest BCUT2D eigenvalue weighted by Crippen LogP contribution is -2.53. The topological polar surface area (TPSA) is 96.0 Å². The van der Waals surface area contributed by atoms with Gasteiger partial charge in [0.2, 0.25) is 11.8 Å². The van der Waals surface area contributed by atoms with Crippen LogP contribution in [-0.4, -0.2) is 57.4 Å². The summed E-state index contributed by atoms with van der Waals surface area (Å²) in [6, 6.07) is 20.5. The van der Waals surface area contributed by atoms with Gasteiger partial charge in [-0.2, -0.15) is 0 Å². The molecule has 0 radical (unpaired) electrons. The fourth-order valence-electron chi connectivity index (χ4n) is 4.38. The molecule has 0 bridgehead atoms. The number of carbonyl (C=O) groups excluding carboxylic acids is 2. The van der Waals surface area contributed by atoms with E-state index in [1.54, 1.807) is 31.2 Å². The van der Waals surface area contributed by atoms with E-state index in [0.717, 1.165) is 27.4 Å². The smallest absolute Gasteiger partial charge is 0.264 e. The highest BCUT2D eigenvalue weighted by Gasteiger charge is 2.34. The van der Waals surface area contributed by atoms with Crippen LogP contribution < -0.4 is 14.4 Å². The summed E-state index contributed by atoms with van der Waals surface area (Å²) in [7, 11) is -2.72. The van der Waals surface area contributed by atoms with E-state index in [1.807, 2.05) is 64.1 Å². The van der Waals surface area contributed by atoms with Crippen LogP contribution in [0.15, 0.2) is 77.7 Å². The quantitative estimate of drug-likeness (QED) is 0.311. The Balaban J connectivity index is 2.04. The molecule has 9 heteroatoms. The number of anilines is 1. The first-order valence-electron chi connectivity index (χ1n) is 13.9. The number of carbonyl (C=O) groups is 2. The molecule has 0 aliphatic heterocycles. The van der Waals surface area contributed by atoms with Crippen LogP contribution in [-0.2, 0) is 26.0 Å². The Morgan fingerprint density at radius 3 is 2.17 bits per heavy atom. The van der Waals surface area contributed by atoms with Crippen molar-refractivity contribution in [3.63, 3.8) is 0 Å². The molecule has 0 aliphatic carbocycles. The molecule has 0 saturated heterocycles. The lowest BCUT2D eigenvalue weighted by atomic mass is 10.1. The SMILES string of the molecule is CCC(C)NC(=O)C(C)N(CCc1ccccc1)C(=O)CN(c1cc(C)ccc1OC)S(=O)(=O)c1ccc(C)cc1. The molecule has 0 aliphatic rings. The van der Waals surface area contributed by atoms with Crippen LogP contribution >= 0.6 is 0 Å². The van der Waals surface area contributed by atoms with Crippen molar-refractivity contribution < 1.29 is 22.7 Å². The van der Waals surface area contributed by atoms with Crippen molar-refractivity contribution >= 4 is 27.5 Å². The Bertz CT molecular complexity index is 1430. The molecular weight excluding hydrogens is 538 g/mol. The van der Waals surface area contributed by atoms with Crippen molar-refractivity contribution in [2.45, 2.75) is 64.4 Å². The van der Waals surface area contributed by atoms with Gasteiger partial charge in [-0.15, -0.1) is 0 Å². The summed E-state index contributed by atoms with van der Waals surface area (Å²) in [5.74, 6) is -0.466. The van der Waals surface area contributed by atoms with Crippen molar-refractivity contribution in [2.24, 2.45) is 0 Å². The molecule has 3 aromatic rings. The molecule has 0 spiro atoms. The fourth-order valence-corrected chi connectivity index (χ4v) is 5.80. The summed E-state index contributed by atoms with van der Waals surface area (Å²) in [6.45, 7) is 8.99. The van der Waals surface area contributed by atoms with E-state index in [1.165, 1.54) is 24.1 Å². The van der Waals surface area contributed by atoms with E-state index in [-0.39, 0.29) is 29.1 Å². The molecule has 2 unspecified atom stereocenters. The third-order valence-corrected chi connectivity index (χ3v) is 8.92. The van der Waals surface area contributed by atoms with Gasteiger partial charge < -0.3 is 15.0 Å². The summed E-state index contributed by atoms with van der Waals surface area (Å²) in [4.78, 5) is 28.7. The maximum atomic E-state index is 14.1. The molecule has 0 aromatic heterocycles. The largest absolute Gasteiger partial charge is 0.495 e. The molecule has 2 atom stereocenters. The second-order valence-electron chi connectivity index (χ2n) is 10.3. The number of ether oxygens (including phenoxy) is 1. The summed E-state index contributed by atoms with van der Waals surface area (Å²) in [5, 5.41) is 2.95. The minimum atomic E-state index is -4.18.